The van der Waals surface area contributed by atoms with Crippen LogP contribution in [0.3, 0.4) is 0 Å². The van der Waals surface area contributed by atoms with Crippen LogP contribution in [-0.4, -0.2) is 15.1 Å². The van der Waals surface area contributed by atoms with Crippen LogP contribution in [0.4, 0.5) is 0 Å². The van der Waals surface area contributed by atoms with Crippen molar-refractivity contribution in [2.75, 3.05) is 0 Å². The minimum Gasteiger partial charge on any atom is -0.0895 e. The van der Waals surface area contributed by atoms with E-state index in [-0.39, 0.29) is 0 Å². The van der Waals surface area contributed by atoms with E-state index < -0.39 is 0 Å². The molecule has 0 heterocycles. The first-order valence-electron chi connectivity index (χ1n) is 7.63. The van der Waals surface area contributed by atoms with Crippen LogP contribution < -0.4 is 0 Å². The highest BCUT2D eigenvalue weighted by atomic mass is 14.6. The van der Waals surface area contributed by atoms with Gasteiger partial charge in [-0.05, 0) is 35.5 Å². The van der Waals surface area contributed by atoms with Gasteiger partial charge < -0.3 is 0 Å². The normalized spacial score (nSPS) is 39.9. The summed E-state index contributed by atoms with van der Waals surface area (Å²) < 4.78 is 0. The fraction of sp³-hybridized carbons (Fsp3) is 1.00. The Labute approximate surface area is 111 Å². The first-order valence-corrected chi connectivity index (χ1v) is 7.63. The van der Waals surface area contributed by atoms with Gasteiger partial charge in [-0.2, -0.15) is 0 Å². The van der Waals surface area contributed by atoms with Gasteiger partial charge in [0.25, 0.3) is 0 Å². The van der Waals surface area contributed by atoms with Gasteiger partial charge in [-0.1, -0.05) is 60.0 Å². The molecule has 0 N–H and O–H groups in total. The molecule has 0 aromatic rings. The van der Waals surface area contributed by atoms with Gasteiger partial charge >= 0.3 is 0 Å². The van der Waals surface area contributed by atoms with Crippen molar-refractivity contribution in [2.24, 2.45) is 22.7 Å². The minimum atomic E-state index is 0.486. The molecule has 0 spiro atoms. The Bertz CT molecular complexity index is 270. The second-order valence-electron chi connectivity index (χ2n) is 7.92. The van der Waals surface area contributed by atoms with Crippen LogP contribution in [0.5, 0.6) is 0 Å². The van der Waals surface area contributed by atoms with Crippen LogP contribution in [0.2, 0.25) is 12.0 Å². The molecule has 17 heavy (non-hydrogen) atoms. The molecule has 1 aliphatic rings. The standard InChI is InChI=1S/C15H32B2/c1-8-9-14(5)12(15(6,16)17-7)10-11(2)13(14,3)4/h11-12,17H,8-10,16H2,1-7H3. The molecule has 4 unspecified atom stereocenters. The summed E-state index contributed by atoms with van der Waals surface area (Å²) in [6.07, 6.45) is 4.13. The van der Waals surface area contributed by atoms with Crippen molar-refractivity contribution in [3.05, 3.63) is 0 Å². The van der Waals surface area contributed by atoms with E-state index in [9.17, 15) is 0 Å². The van der Waals surface area contributed by atoms with Crippen molar-refractivity contribution in [3.63, 3.8) is 0 Å². The Morgan fingerprint density at radius 2 is 1.88 bits per heavy atom. The zero-order valence-corrected chi connectivity index (χ0v) is 13.5. The van der Waals surface area contributed by atoms with Crippen molar-refractivity contribution < 1.29 is 0 Å². The summed E-state index contributed by atoms with van der Waals surface area (Å²) in [5, 5.41) is 0.492. The largest absolute Gasteiger partial charge is 0.115 e. The summed E-state index contributed by atoms with van der Waals surface area (Å²) in [6, 6.07) is 0. The molecule has 0 amide bonds. The summed E-state index contributed by atoms with van der Waals surface area (Å²) in [6.45, 7) is 17.3. The van der Waals surface area contributed by atoms with E-state index in [1.54, 1.807) is 0 Å². The van der Waals surface area contributed by atoms with Crippen molar-refractivity contribution in [1.82, 2.24) is 0 Å². The van der Waals surface area contributed by atoms with E-state index in [0.717, 1.165) is 11.8 Å². The number of hydrogen-bond donors (Lipinski definition) is 0. The molecule has 0 bridgehead atoms. The van der Waals surface area contributed by atoms with Crippen molar-refractivity contribution >= 4 is 15.1 Å². The van der Waals surface area contributed by atoms with Gasteiger partial charge in [0.05, 0.1) is 7.85 Å². The Morgan fingerprint density at radius 1 is 1.35 bits per heavy atom. The summed E-state index contributed by atoms with van der Waals surface area (Å²) in [5.41, 5.74) is 1.00. The van der Waals surface area contributed by atoms with Crippen LogP contribution in [0.25, 0.3) is 0 Å². The van der Waals surface area contributed by atoms with Gasteiger partial charge in [0, 0.05) is 0 Å². The van der Waals surface area contributed by atoms with Crippen molar-refractivity contribution in [3.8, 4) is 0 Å². The van der Waals surface area contributed by atoms with Gasteiger partial charge in [-0.15, -0.1) is 0 Å². The lowest BCUT2D eigenvalue weighted by Crippen LogP contribution is -2.42. The molecule has 0 aromatic carbocycles. The maximum absolute atomic E-state index is 2.57. The maximum atomic E-state index is 2.57. The van der Waals surface area contributed by atoms with Crippen molar-refractivity contribution in [1.29, 1.82) is 0 Å². The van der Waals surface area contributed by atoms with Crippen molar-refractivity contribution in [2.45, 2.75) is 72.8 Å². The SMILES string of the molecule is BC(C)(BC)C1CC(C)C(C)(C)C1(C)CCC. The molecule has 0 aliphatic heterocycles. The van der Waals surface area contributed by atoms with Crippen LogP contribution in [0.15, 0.2) is 0 Å². The predicted molar refractivity (Wildman–Crippen MR) is 84.0 cm³/mol. The zero-order valence-electron chi connectivity index (χ0n) is 13.5. The Kier molecular flexibility index (Phi) is 4.17. The van der Waals surface area contributed by atoms with E-state index in [2.05, 4.69) is 56.2 Å². The molecule has 0 nitrogen and oxygen atoms in total. The third-order valence-corrected chi connectivity index (χ3v) is 6.69. The molecule has 0 saturated heterocycles. The second kappa shape index (κ2) is 4.67. The monoisotopic (exact) mass is 234 g/mol. The van der Waals surface area contributed by atoms with Gasteiger partial charge in [0.15, 0.2) is 0 Å². The Morgan fingerprint density at radius 3 is 2.29 bits per heavy atom. The third-order valence-electron chi connectivity index (χ3n) is 6.69. The van der Waals surface area contributed by atoms with Crippen LogP contribution in [0, 0.1) is 22.7 Å². The van der Waals surface area contributed by atoms with Crippen LogP contribution in [-0.2, 0) is 0 Å². The topological polar surface area (TPSA) is 0 Å². The third kappa shape index (κ3) is 2.22. The van der Waals surface area contributed by atoms with E-state index in [1.807, 2.05) is 0 Å². The highest BCUT2D eigenvalue weighted by molar-refractivity contribution is 6.52. The molecule has 0 aromatic heterocycles. The Balaban J connectivity index is 3.15. The molecule has 98 valence electrons. The summed E-state index contributed by atoms with van der Waals surface area (Å²) in [4.78, 5) is 0. The summed E-state index contributed by atoms with van der Waals surface area (Å²) >= 11 is 0. The maximum Gasteiger partial charge on any atom is 0.115 e. The van der Waals surface area contributed by atoms with Crippen LogP contribution in [0.1, 0.15) is 60.8 Å². The summed E-state index contributed by atoms with van der Waals surface area (Å²) in [5.74, 6) is 1.74. The zero-order chi connectivity index (χ0) is 13.5. The molecule has 2 heteroatoms. The van der Waals surface area contributed by atoms with Gasteiger partial charge in [-0.3, -0.25) is 0 Å². The molecule has 0 radical (unpaired) electrons. The number of rotatable bonds is 4. The molecular weight excluding hydrogens is 202 g/mol. The predicted octanol–water partition coefficient (Wildman–Crippen LogP) is 3.73. The van der Waals surface area contributed by atoms with E-state index in [0.29, 0.717) is 16.0 Å². The van der Waals surface area contributed by atoms with Gasteiger partial charge in [-0.25, -0.2) is 0 Å². The van der Waals surface area contributed by atoms with E-state index in [1.165, 1.54) is 26.5 Å². The fourth-order valence-corrected chi connectivity index (χ4v) is 4.36. The smallest absolute Gasteiger partial charge is 0.0895 e. The van der Waals surface area contributed by atoms with Gasteiger partial charge in [0.1, 0.15) is 7.28 Å². The molecule has 1 saturated carbocycles. The first kappa shape index (κ1) is 15.2. The molecular formula is C15H32B2. The lowest BCUT2D eigenvalue weighted by atomic mass is 9.36. The minimum absolute atomic E-state index is 0.486. The number of hydrogen-bond acceptors (Lipinski definition) is 0. The highest BCUT2D eigenvalue weighted by Crippen LogP contribution is 2.66. The highest BCUT2D eigenvalue weighted by Gasteiger charge is 2.57. The molecule has 4 atom stereocenters. The summed E-state index contributed by atoms with van der Waals surface area (Å²) in [7, 11) is 3.79. The van der Waals surface area contributed by atoms with Crippen LogP contribution >= 0.6 is 0 Å². The van der Waals surface area contributed by atoms with Gasteiger partial charge in [0.2, 0.25) is 0 Å². The average molecular weight is 234 g/mol. The van der Waals surface area contributed by atoms with E-state index >= 15 is 0 Å². The lowest BCUT2D eigenvalue weighted by molar-refractivity contribution is 0.0452. The van der Waals surface area contributed by atoms with E-state index in [4.69, 9.17) is 0 Å². The second-order valence-corrected chi connectivity index (χ2v) is 7.92. The Hall–Kier alpha value is 0.130. The quantitative estimate of drug-likeness (QED) is 0.650. The fourth-order valence-electron chi connectivity index (χ4n) is 4.36. The lowest BCUT2D eigenvalue weighted by Gasteiger charge is -2.49. The average Bonchev–Trinajstić information content (AvgIpc) is 2.40. The molecule has 1 rings (SSSR count). The molecule has 1 fully saturated rings. The molecule has 1 aliphatic carbocycles. The first-order chi connectivity index (χ1) is 7.63.